The van der Waals surface area contributed by atoms with E-state index < -0.39 is 32.7 Å². The summed E-state index contributed by atoms with van der Waals surface area (Å²) >= 11 is 0. The first kappa shape index (κ1) is 25.7. The van der Waals surface area contributed by atoms with Gasteiger partial charge in [-0.25, -0.2) is 8.42 Å². The number of aliphatic imine (C=N–C) groups is 1. The normalized spacial score (nSPS) is 14.0. The predicted octanol–water partition coefficient (Wildman–Crippen LogP) is 1.10. The van der Waals surface area contributed by atoms with Gasteiger partial charge in [0.1, 0.15) is 17.4 Å². The average molecular weight is 443 g/mol. The second-order valence-corrected chi connectivity index (χ2v) is 10.4. The monoisotopic (exact) mass is 442 g/mol. The lowest BCUT2D eigenvalue weighted by molar-refractivity contribution is -0.156. The van der Waals surface area contributed by atoms with Gasteiger partial charge in [0, 0.05) is 0 Å². The molecule has 30 heavy (non-hydrogen) atoms. The van der Waals surface area contributed by atoms with Crippen LogP contribution in [0.4, 0.5) is 0 Å². The number of carbonyl (C=O) groups is 1. The Morgan fingerprint density at radius 2 is 1.73 bits per heavy atom. The van der Waals surface area contributed by atoms with E-state index in [9.17, 15) is 13.2 Å². The highest BCUT2D eigenvalue weighted by Crippen LogP contribution is 2.33. The molecule has 2 atom stereocenters. The van der Waals surface area contributed by atoms with Crippen LogP contribution < -0.4 is 21.9 Å². The molecule has 170 valence electrons. The molecular formula is C20H34N4O5S. The lowest BCUT2D eigenvalue weighted by Crippen LogP contribution is -2.42. The van der Waals surface area contributed by atoms with Crippen molar-refractivity contribution in [3.05, 3.63) is 22.8 Å². The number of nitrogens with zero attached hydrogens (tertiary/aromatic N) is 1. The summed E-state index contributed by atoms with van der Waals surface area (Å²) in [7, 11) is -2.41. The van der Waals surface area contributed by atoms with Crippen LogP contribution >= 0.6 is 0 Å². The summed E-state index contributed by atoms with van der Waals surface area (Å²) in [4.78, 5) is 16.4. The number of hydrogen-bond acceptors (Lipinski definition) is 7. The third-order valence-electron chi connectivity index (χ3n) is 4.63. The molecule has 0 aliphatic heterocycles. The average Bonchev–Trinajstić information content (AvgIpc) is 2.59. The van der Waals surface area contributed by atoms with E-state index in [0.29, 0.717) is 22.4 Å². The molecule has 0 bridgehead atoms. The van der Waals surface area contributed by atoms with Gasteiger partial charge in [-0.2, -0.15) is 0 Å². The van der Waals surface area contributed by atoms with Crippen molar-refractivity contribution in [2.75, 3.05) is 13.7 Å². The Kier molecular flexibility index (Phi) is 8.27. The van der Waals surface area contributed by atoms with Crippen molar-refractivity contribution in [2.24, 2.45) is 22.2 Å². The standard InChI is InChI=1S/C20H34N4O5S/c1-11-8-16(28-7)12(2)13(3)17(11)30(26,27)14(10-24-19(22)23)9-15(21)18(25)29-20(4,5)6/h8,14-15H,9-10,21H2,1-7H3,(H4,22,23,24)/t14?,15-/m0/s1. The third-order valence-corrected chi connectivity index (χ3v) is 7.04. The van der Waals surface area contributed by atoms with Crippen LogP contribution in [0, 0.1) is 20.8 Å². The van der Waals surface area contributed by atoms with Crippen molar-refractivity contribution in [3.63, 3.8) is 0 Å². The Balaban J connectivity index is 3.43. The molecule has 0 heterocycles. The summed E-state index contributed by atoms with van der Waals surface area (Å²) in [5.41, 5.74) is 17.9. The number of hydrogen-bond donors (Lipinski definition) is 3. The topological polar surface area (TPSA) is 160 Å². The van der Waals surface area contributed by atoms with Gasteiger partial charge in [0.25, 0.3) is 0 Å². The SMILES string of the molecule is COc1cc(C)c(S(=O)(=O)C(CN=C(N)N)C[C@H](N)C(=O)OC(C)(C)C)c(C)c1C. The summed E-state index contributed by atoms with van der Waals surface area (Å²) in [5.74, 6) is -0.345. The molecule has 1 unspecified atom stereocenters. The molecule has 0 spiro atoms. The molecule has 0 fully saturated rings. The van der Waals surface area contributed by atoms with Gasteiger partial charge in [0.15, 0.2) is 15.8 Å². The molecule has 6 N–H and O–H groups in total. The zero-order chi connectivity index (χ0) is 23.4. The van der Waals surface area contributed by atoms with Crippen molar-refractivity contribution < 1.29 is 22.7 Å². The highest BCUT2D eigenvalue weighted by Gasteiger charge is 2.35. The van der Waals surface area contributed by atoms with Gasteiger partial charge < -0.3 is 26.7 Å². The Labute approximate surface area is 178 Å². The number of sulfone groups is 1. The van der Waals surface area contributed by atoms with Gasteiger partial charge in [-0.05, 0) is 70.7 Å². The quantitative estimate of drug-likeness (QED) is 0.306. The summed E-state index contributed by atoms with van der Waals surface area (Å²) in [5, 5.41) is -1.12. The van der Waals surface area contributed by atoms with Gasteiger partial charge in [-0.15, -0.1) is 0 Å². The molecule has 1 aromatic carbocycles. The number of guanidine groups is 1. The van der Waals surface area contributed by atoms with Crippen LogP contribution in [0.3, 0.4) is 0 Å². The van der Waals surface area contributed by atoms with E-state index in [1.165, 1.54) is 7.11 Å². The Hall–Kier alpha value is -2.33. The zero-order valence-corrected chi connectivity index (χ0v) is 19.6. The lowest BCUT2D eigenvalue weighted by atomic mass is 10.1. The zero-order valence-electron chi connectivity index (χ0n) is 18.8. The molecule has 1 rings (SSSR count). The van der Waals surface area contributed by atoms with Gasteiger partial charge in [0.2, 0.25) is 0 Å². The maximum atomic E-state index is 13.6. The fraction of sp³-hybridized carbons (Fsp3) is 0.600. The summed E-state index contributed by atoms with van der Waals surface area (Å²) in [6.07, 6.45) is -0.196. The number of aryl methyl sites for hydroxylation is 1. The first-order chi connectivity index (χ1) is 13.6. The van der Waals surface area contributed by atoms with Crippen molar-refractivity contribution in [1.29, 1.82) is 0 Å². The van der Waals surface area contributed by atoms with E-state index in [1.807, 2.05) is 0 Å². The molecule has 0 radical (unpaired) electrons. The van der Waals surface area contributed by atoms with Gasteiger partial charge in [0.05, 0.1) is 23.8 Å². The second-order valence-electron chi connectivity index (χ2n) is 8.28. The van der Waals surface area contributed by atoms with E-state index in [1.54, 1.807) is 47.6 Å². The first-order valence-electron chi connectivity index (χ1n) is 9.54. The Bertz CT molecular complexity index is 916. The molecule has 0 saturated carbocycles. The van der Waals surface area contributed by atoms with Gasteiger partial charge in [-0.3, -0.25) is 9.79 Å². The van der Waals surface area contributed by atoms with Crippen LogP contribution in [0.15, 0.2) is 16.0 Å². The fourth-order valence-corrected chi connectivity index (χ4v) is 5.25. The van der Waals surface area contributed by atoms with Crippen LogP contribution in [0.2, 0.25) is 0 Å². The molecule has 1 aromatic rings. The summed E-state index contributed by atoms with van der Waals surface area (Å²) < 4.78 is 37.8. The maximum Gasteiger partial charge on any atom is 0.323 e. The van der Waals surface area contributed by atoms with E-state index in [2.05, 4.69) is 4.99 Å². The number of rotatable bonds is 8. The lowest BCUT2D eigenvalue weighted by Gasteiger charge is -2.25. The fourth-order valence-electron chi connectivity index (χ4n) is 3.10. The van der Waals surface area contributed by atoms with Crippen molar-refractivity contribution >= 4 is 21.8 Å². The predicted molar refractivity (Wildman–Crippen MR) is 117 cm³/mol. The Morgan fingerprint density at radius 1 is 1.17 bits per heavy atom. The molecule has 0 aromatic heterocycles. The van der Waals surface area contributed by atoms with E-state index in [0.717, 1.165) is 0 Å². The summed E-state index contributed by atoms with van der Waals surface area (Å²) in [6, 6.07) is 0.513. The van der Waals surface area contributed by atoms with Crippen LogP contribution in [0.5, 0.6) is 5.75 Å². The number of esters is 1. The van der Waals surface area contributed by atoms with E-state index in [-0.39, 0.29) is 23.8 Å². The van der Waals surface area contributed by atoms with Crippen molar-refractivity contribution in [2.45, 2.75) is 69.8 Å². The first-order valence-corrected chi connectivity index (χ1v) is 11.1. The van der Waals surface area contributed by atoms with Gasteiger partial charge >= 0.3 is 5.97 Å². The largest absolute Gasteiger partial charge is 0.496 e. The van der Waals surface area contributed by atoms with Crippen molar-refractivity contribution in [1.82, 2.24) is 0 Å². The van der Waals surface area contributed by atoms with Crippen molar-refractivity contribution in [3.8, 4) is 5.75 Å². The molecular weight excluding hydrogens is 408 g/mol. The van der Waals surface area contributed by atoms with E-state index in [4.69, 9.17) is 26.7 Å². The third kappa shape index (κ3) is 6.33. The molecule has 0 amide bonds. The maximum absolute atomic E-state index is 13.6. The minimum atomic E-state index is -3.94. The van der Waals surface area contributed by atoms with Crippen LogP contribution in [0.25, 0.3) is 0 Å². The summed E-state index contributed by atoms with van der Waals surface area (Å²) in [6.45, 7) is 10.1. The minimum absolute atomic E-state index is 0.160. The number of methoxy groups -OCH3 is 1. The van der Waals surface area contributed by atoms with Crippen LogP contribution in [-0.2, 0) is 19.4 Å². The number of nitrogens with two attached hydrogens (primary N) is 3. The number of ether oxygens (including phenoxy) is 2. The molecule has 0 aliphatic rings. The van der Waals surface area contributed by atoms with E-state index >= 15 is 0 Å². The Morgan fingerprint density at radius 3 is 2.20 bits per heavy atom. The minimum Gasteiger partial charge on any atom is -0.496 e. The molecule has 0 aliphatic carbocycles. The van der Waals surface area contributed by atoms with Crippen LogP contribution in [-0.4, -0.2) is 50.9 Å². The molecule has 0 saturated heterocycles. The molecule has 9 nitrogen and oxygen atoms in total. The van der Waals surface area contributed by atoms with Gasteiger partial charge in [-0.1, -0.05) is 0 Å². The highest BCUT2D eigenvalue weighted by molar-refractivity contribution is 7.92. The number of benzene rings is 1. The highest BCUT2D eigenvalue weighted by atomic mass is 32.2. The smallest absolute Gasteiger partial charge is 0.323 e. The second kappa shape index (κ2) is 9.65. The molecule has 10 heteroatoms. The number of carbonyl (C=O) groups excluding carboxylic acids is 1. The van der Waals surface area contributed by atoms with Crippen LogP contribution in [0.1, 0.15) is 43.9 Å².